The Labute approximate surface area is 136 Å². The summed E-state index contributed by atoms with van der Waals surface area (Å²) in [5.41, 5.74) is 0. The van der Waals surface area contributed by atoms with Crippen molar-refractivity contribution in [3.8, 4) is 0 Å². The second kappa shape index (κ2) is 7.49. The van der Waals surface area contributed by atoms with E-state index in [4.69, 9.17) is 4.99 Å². The zero-order valence-electron chi connectivity index (χ0n) is 13.5. The summed E-state index contributed by atoms with van der Waals surface area (Å²) in [6.45, 7) is 12.6. The monoisotopic (exact) mass is 326 g/mol. The maximum atomic E-state index is 4.79. The van der Waals surface area contributed by atoms with Gasteiger partial charge in [-0.3, -0.25) is 0 Å². The zero-order chi connectivity index (χ0) is 15.3. The summed E-state index contributed by atoms with van der Waals surface area (Å²) in [6.07, 6.45) is 3.03. The van der Waals surface area contributed by atoms with Crippen molar-refractivity contribution in [3.05, 3.63) is 16.1 Å². The minimum Gasteiger partial charge on any atom is -0.357 e. The molecule has 1 N–H and O–H groups in total. The van der Waals surface area contributed by atoms with Gasteiger partial charge in [0.25, 0.3) is 0 Å². The number of aryl methyl sites for hydroxylation is 1. The molecule has 4 nitrogen and oxygen atoms in total. The quantitative estimate of drug-likeness (QED) is 0.682. The average molecular weight is 327 g/mol. The molecule has 1 aliphatic heterocycles. The molecule has 1 saturated heterocycles. The Morgan fingerprint density at radius 3 is 2.90 bits per heavy atom. The lowest BCUT2D eigenvalue weighted by atomic mass is 10.2. The van der Waals surface area contributed by atoms with Gasteiger partial charge in [0.1, 0.15) is 5.01 Å². The molecular weight excluding hydrogens is 300 g/mol. The van der Waals surface area contributed by atoms with Crippen molar-refractivity contribution in [2.75, 3.05) is 25.4 Å². The molecule has 6 heteroatoms. The molecule has 118 valence electrons. The van der Waals surface area contributed by atoms with Crippen molar-refractivity contribution < 1.29 is 0 Å². The lowest BCUT2D eigenvalue weighted by Crippen LogP contribution is -2.50. The van der Waals surface area contributed by atoms with Crippen molar-refractivity contribution in [2.24, 2.45) is 4.99 Å². The van der Waals surface area contributed by atoms with Gasteiger partial charge in [0.15, 0.2) is 5.96 Å². The van der Waals surface area contributed by atoms with Crippen LogP contribution < -0.4 is 5.32 Å². The maximum absolute atomic E-state index is 4.79. The summed E-state index contributed by atoms with van der Waals surface area (Å²) >= 11 is 3.82. The topological polar surface area (TPSA) is 40.5 Å². The van der Waals surface area contributed by atoms with Gasteiger partial charge in [-0.15, -0.1) is 11.3 Å². The second-order valence-corrected chi connectivity index (χ2v) is 8.78. The van der Waals surface area contributed by atoms with E-state index in [-0.39, 0.29) is 0 Å². The summed E-state index contributed by atoms with van der Waals surface area (Å²) in [5, 5.41) is 4.53. The Morgan fingerprint density at radius 1 is 1.48 bits per heavy atom. The molecule has 2 rings (SSSR count). The van der Waals surface area contributed by atoms with Crippen molar-refractivity contribution in [2.45, 2.75) is 45.4 Å². The van der Waals surface area contributed by atoms with Crippen LogP contribution in [0.4, 0.5) is 0 Å². The number of thiazole rings is 1. The number of hydrogen-bond acceptors (Lipinski definition) is 4. The first kappa shape index (κ1) is 16.6. The van der Waals surface area contributed by atoms with E-state index >= 15 is 0 Å². The molecule has 0 unspecified atom stereocenters. The number of aromatic nitrogens is 1. The standard InChI is InChI=1S/C15H26N4S2/c1-5-12-9-17-13(21-12)10-18-14(16-6-2)19-7-8-20-15(3,4)11-19/h9H,5-8,10-11H2,1-4H3,(H,16,18). The van der Waals surface area contributed by atoms with Gasteiger partial charge in [-0.1, -0.05) is 6.92 Å². The normalized spacial score (nSPS) is 18.9. The molecule has 1 aromatic rings. The van der Waals surface area contributed by atoms with Gasteiger partial charge in [-0.2, -0.15) is 11.8 Å². The van der Waals surface area contributed by atoms with Gasteiger partial charge in [0.2, 0.25) is 0 Å². The SMILES string of the molecule is CCNC(=NCc1ncc(CC)s1)N1CCSC(C)(C)C1. The molecule has 0 aliphatic carbocycles. The first-order valence-corrected chi connectivity index (χ1v) is 9.45. The number of nitrogens with one attached hydrogen (secondary N) is 1. The number of guanidine groups is 1. The molecular formula is C15H26N4S2. The highest BCUT2D eigenvalue weighted by atomic mass is 32.2. The van der Waals surface area contributed by atoms with Crippen LogP contribution in [0.1, 0.15) is 37.6 Å². The van der Waals surface area contributed by atoms with Gasteiger partial charge in [0, 0.05) is 41.2 Å². The smallest absolute Gasteiger partial charge is 0.194 e. The summed E-state index contributed by atoms with van der Waals surface area (Å²) < 4.78 is 0.297. The van der Waals surface area contributed by atoms with E-state index in [2.05, 4.69) is 42.9 Å². The molecule has 0 atom stereocenters. The van der Waals surface area contributed by atoms with E-state index in [0.29, 0.717) is 11.3 Å². The van der Waals surface area contributed by atoms with E-state index in [0.717, 1.165) is 42.8 Å². The number of aliphatic imine (C=N–C) groups is 1. The van der Waals surface area contributed by atoms with Crippen LogP contribution in [-0.4, -0.2) is 46.0 Å². The highest BCUT2D eigenvalue weighted by molar-refractivity contribution is 8.00. The number of hydrogen-bond donors (Lipinski definition) is 1. The third-order valence-electron chi connectivity index (χ3n) is 3.37. The van der Waals surface area contributed by atoms with Gasteiger partial charge in [-0.05, 0) is 27.2 Å². The Hall–Kier alpha value is -0.750. The molecule has 0 bridgehead atoms. The van der Waals surface area contributed by atoms with E-state index in [1.54, 1.807) is 11.3 Å². The summed E-state index contributed by atoms with van der Waals surface area (Å²) in [6, 6.07) is 0. The van der Waals surface area contributed by atoms with Crippen LogP contribution in [0.15, 0.2) is 11.2 Å². The van der Waals surface area contributed by atoms with Gasteiger partial charge < -0.3 is 10.2 Å². The molecule has 2 heterocycles. The number of nitrogens with zero attached hydrogens (tertiary/aromatic N) is 3. The van der Waals surface area contributed by atoms with Crippen LogP contribution in [0.3, 0.4) is 0 Å². The molecule has 0 saturated carbocycles. The first-order chi connectivity index (χ1) is 10.0. The highest BCUT2D eigenvalue weighted by Crippen LogP contribution is 2.29. The largest absolute Gasteiger partial charge is 0.357 e. The first-order valence-electron chi connectivity index (χ1n) is 7.65. The molecule has 0 amide bonds. The zero-order valence-corrected chi connectivity index (χ0v) is 15.1. The predicted octanol–water partition coefficient (Wildman–Crippen LogP) is 3.00. The van der Waals surface area contributed by atoms with E-state index in [1.807, 2.05) is 18.0 Å². The molecule has 0 spiro atoms. The van der Waals surface area contributed by atoms with Crippen LogP contribution in [0.5, 0.6) is 0 Å². The summed E-state index contributed by atoms with van der Waals surface area (Å²) in [4.78, 5) is 13.0. The molecule has 1 aliphatic rings. The van der Waals surface area contributed by atoms with Crippen molar-refractivity contribution in [1.82, 2.24) is 15.2 Å². The Kier molecular flexibility index (Phi) is 5.93. The van der Waals surface area contributed by atoms with E-state index in [9.17, 15) is 0 Å². The van der Waals surface area contributed by atoms with Crippen LogP contribution in [0.25, 0.3) is 0 Å². The average Bonchev–Trinajstić information content (AvgIpc) is 2.90. The number of thioether (sulfide) groups is 1. The lowest BCUT2D eigenvalue weighted by molar-refractivity contribution is 0.376. The van der Waals surface area contributed by atoms with Crippen LogP contribution in [-0.2, 0) is 13.0 Å². The molecule has 0 radical (unpaired) electrons. The second-order valence-electron chi connectivity index (χ2n) is 5.77. The highest BCUT2D eigenvalue weighted by Gasteiger charge is 2.28. The Balaban J connectivity index is 2.04. The summed E-state index contributed by atoms with van der Waals surface area (Å²) in [5.74, 6) is 2.19. The van der Waals surface area contributed by atoms with Crippen LogP contribution >= 0.6 is 23.1 Å². The fourth-order valence-electron chi connectivity index (χ4n) is 2.35. The molecule has 21 heavy (non-hydrogen) atoms. The van der Waals surface area contributed by atoms with E-state index in [1.165, 1.54) is 4.88 Å². The third-order valence-corrected chi connectivity index (χ3v) is 5.80. The van der Waals surface area contributed by atoms with Crippen LogP contribution in [0, 0.1) is 0 Å². The predicted molar refractivity (Wildman–Crippen MR) is 94.4 cm³/mol. The van der Waals surface area contributed by atoms with E-state index < -0.39 is 0 Å². The fraction of sp³-hybridized carbons (Fsp3) is 0.733. The number of rotatable bonds is 4. The fourth-order valence-corrected chi connectivity index (χ4v) is 4.25. The third kappa shape index (κ3) is 4.88. The minimum absolute atomic E-state index is 0.297. The van der Waals surface area contributed by atoms with Gasteiger partial charge in [-0.25, -0.2) is 9.98 Å². The van der Waals surface area contributed by atoms with Crippen molar-refractivity contribution in [3.63, 3.8) is 0 Å². The van der Waals surface area contributed by atoms with Gasteiger partial charge >= 0.3 is 0 Å². The Morgan fingerprint density at radius 2 is 2.29 bits per heavy atom. The molecule has 0 aromatic carbocycles. The lowest BCUT2D eigenvalue weighted by Gasteiger charge is -2.39. The minimum atomic E-state index is 0.297. The van der Waals surface area contributed by atoms with Crippen LogP contribution in [0.2, 0.25) is 0 Å². The molecule has 1 aromatic heterocycles. The maximum Gasteiger partial charge on any atom is 0.194 e. The molecule has 1 fully saturated rings. The van der Waals surface area contributed by atoms with Gasteiger partial charge in [0.05, 0.1) is 6.54 Å². The summed E-state index contributed by atoms with van der Waals surface area (Å²) in [7, 11) is 0. The van der Waals surface area contributed by atoms with Crippen molar-refractivity contribution in [1.29, 1.82) is 0 Å². The Bertz CT molecular complexity index is 482. The van der Waals surface area contributed by atoms with Crippen molar-refractivity contribution >= 4 is 29.1 Å².